The van der Waals surface area contributed by atoms with Gasteiger partial charge in [0.25, 0.3) is 11.6 Å². The van der Waals surface area contributed by atoms with Gasteiger partial charge in [-0.3, -0.25) is 19.8 Å². The van der Waals surface area contributed by atoms with Gasteiger partial charge in [-0.05, 0) is 43.0 Å². The fraction of sp³-hybridized carbons (Fsp3) is 0.370. The minimum atomic E-state index is -0.295. The summed E-state index contributed by atoms with van der Waals surface area (Å²) in [6.07, 6.45) is 4.38. The Labute approximate surface area is 199 Å². The van der Waals surface area contributed by atoms with Crippen molar-refractivity contribution in [3.8, 4) is 0 Å². The number of benzene rings is 3. The van der Waals surface area contributed by atoms with E-state index in [0.717, 1.165) is 92.7 Å². The highest BCUT2D eigenvalue weighted by molar-refractivity contribution is 6.24. The van der Waals surface area contributed by atoms with Gasteiger partial charge >= 0.3 is 0 Å². The molecule has 1 fully saturated rings. The predicted molar refractivity (Wildman–Crippen MR) is 136 cm³/mol. The van der Waals surface area contributed by atoms with Gasteiger partial charge in [0.1, 0.15) is 5.69 Å². The van der Waals surface area contributed by atoms with E-state index in [2.05, 4.69) is 28.0 Å². The third kappa shape index (κ3) is 4.35. The molecule has 0 aromatic heterocycles. The first-order chi connectivity index (χ1) is 16.6. The number of amides is 1. The lowest BCUT2D eigenvalue weighted by molar-refractivity contribution is -0.384. The van der Waals surface area contributed by atoms with Gasteiger partial charge < -0.3 is 9.80 Å². The normalized spacial score (nSPS) is 15.9. The summed E-state index contributed by atoms with van der Waals surface area (Å²) >= 11 is 0. The molecule has 3 aromatic carbocycles. The summed E-state index contributed by atoms with van der Waals surface area (Å²) in [7, 11) is 0. The number of rotatable bonds is 9. The number of carbonyl (C=O) groups excluding carboxylic acids is 1. The van der Waals surface area contributed by atoms with Gasteiger partial charge in [-0.2, -0.15) is 0 Å². The fourth-order valence-corrected chi connectivity index (χ4v) is 5.26. The number of hydrogen-bond donors (Lipinski definition) is 0. The van der Waals surface area contributed by atoms with Crippen LogP contribution in [0.3, 0.4) is 0 Å². The first kappa shape index (κ1) is 22.3. The molecule has 0 unspecified atom stereocenters. The Bertz CT molecular complexity index is 1200. The van der Waals surface area contributed by atoms with Crippen LogP contribution in [0.15, 0.2) is 60.7 Å². The molecule has 1 amide bonds. The molecule has 1 saturated heterocycles. The lowest BCUT2D eigenvalue weighted by Gasteiger charge is -2.35. The average molecular weight is 459 g/mol. The van der Waals surface area contributed by atoms with Crippen LogP contribution in [-0.2, 0) is 0 Å². The van der Waals surface area contributed by atoms with Crippen LogP contribution in [0.2, 0.25) is 0 Å². The maximum Gasteiger partial charge on any atom is 0.292 e. The second-order valence-electron chi connectivity index (χ2n) is 9.13. The Morgan fingerprint density at radius 3 is 2.21 bits per heavy atom. The molecule has 5 rings (SSSR count). The Hall–Kier alpha value is -3.45. The van der Waals surface area contributed by atoms with Crippen molar-refractivity contribution < 1.29 is 9.72 Å². The number of carbonyl (C=O) groups is 1. The zero-order chi connectivity index (χ0) is 23.5. The summed E-state index contributed by atoms with van der Waals surface area (Å²) in [4.78, 5) is 30.4. The first-order valence-corrected chi connectivity index (χ1v) is 12.2. The van der Waals surface area contributed by atoms with E-state index in [1.165, 1.54) is 0 Å². The molecule has 0 spiro atoms. The Balaban J connectivity index is 1.03. The van der Waals surface area contributed by atoms with Crippen molar-refractivity contribution in [1.29, 1.82) is 0 Å². The Morgan fingerprint density at radius 2 is 1.44 bits per heavy atom. The molecule has 2 aliphatic rings. The molecule has 0 radical (unpaired) electrons. The van der Waals surface area contributed by atoms with E-state index in [1.807, 2.05) is 35.2 Å². The van der Waals surface area contributed by atoms with E-state index in [0.29, 0.717) is 0 Å². The van der Waals surface area contributed by atoms with Crippen molar-refractivity contribution in [2.24, 2.45) is 0 Å². The molecular weight excluding hydrogens is 428 g/mol. The van der Waals surface area contributed by atoms with Gasteiger partial charge in [0.05, 0.1) is 10.6 Å². The van der Waals surface area contributed by atoms with Crippen molar-refractivity contribution in [3.05, 3.63) is 76.3 Å². The van der Waals surface area contributed by atoms with E-state index in [9.17, 15) is 14.9 Å². The lowest BCUT2D eigenvalue weighted by atomic mass is 10.1. The number of hydrogen-bond acceptors (Lipinski definition) is 5. The number of nitro benzene ring substituents is 1. The van der Waals surface area contributed by atoms with Crippen molar-refractivity contribution in [2.45, 2.75) is 25.7 Å². The summed E-state index contributed by atoms with van der Waals surface area (Å²) < 4.78 is 0. The molecule has 7 nitrogen and oxygen atoms in total. The first-order valence-electron chi connectivity index (χ1n) is 12.2. The second-order valence-corrected chi connectivity index (χ2v) is 9.13. The molecule has 176 valence electrons. The van der Waals surface area contributed by atoms with Crippen molar-refractivity contribution in [3.63, 3.8) is 0 Å². The third-order valence-corrected chi connectivity index (χ3v) is 7.05. The van der Waals surface area contributed by atoms with E-state index >= 15 is 0 Å². The van der Waals surface area contributed by atoms with Crippen LogP contribution >= 0.6 is 0 Å². The number of anilines is 2. The largest absolute Gasteiger partial charge is 0.363 e. The standard InChI is InChI=1S/C27H30N4O3/c32-27-22-11-7-9-21-10-8-14-25(26(21)22)30(27)16-6-2-1-5-15-28-17-19-29(20-18-28)23-12-3-4-13-24(23)31(33)34/h3-4,7-14H,1-2,5-6,15-20H2. The Kier molecular flexibility index (Phi) is 6.45. The molecule has 0 N–H and O–H groups in total. The van der Waals surface area contributed by atoms with Crippen LogP contribution in [0.5, 0.6) is 0 Å². The lowest BCUT2D eigenvalue weighted by Crippen LogP contribution is -2.46. The number of piperazine rings is 1. The second kappa shape index (κ2) is 9.81. The molecule has 2 heterocycles. The van der Waals surface area contributed by atoms with Crippen LogP contribution in [0.1, 0.15) is 36.0 Å². The monoisotopic (exact) mass is 458 g/mol. The van der Waals surface area contributed by atoms with Gasteiger partial charge in [0.2, 0.25) is 0 Å². The van der Waals surface area contributed by atoms with Gasteiger partial charge in [-0.15, -0.1) is 0 Å². The van der Waals surface area contributed by atoms with E-state index in [-0.39, 0.29) is 16.5 Å². The zero-order valence-corrected chi connectivity index (χ0v) is 19.4. The molecule has 0 saturated carbocycles. The maximum atomic E-state index is 12.9. The minimum Gasteiger partial charge on any atom is -0.363 e. The maximum absolute atomic E-state index is 12.9. The van der Waals surface area contributed by atoms with E-state index in [4.69, 9.17) is 0 Å². The van der Waals surface area contributed by atoms with E-state index < -0.39 is 0 Å². The smallest absolute Gasteiger partial charge is 0.292 e. The van der Waals surface area contributed by atoms with Crippen LogP contribution in [-0.4, -0.2) is 55.0 Å². The van der Waals surface area contributed by atoms with Crippen LogP contribution < -0.4 is 9.80 Å². The van der Waals surface area contributed by atoms with Crippen LogP contribution in [0.4, 0.5) is 17.1 Å². The quantitative estimate of drug-likeness (QED) is 0.254. The van der Waals surface area contributed by atoms with Crippen LogP contribution in [0, 0.1) is 10.1 Å². The summed E-state index contributed by atoms with van der Waals surface area (Å²) in [6.45, 7) is 5.30. The Morgan fingerprint density at radius 1 is 0.765 bits per heavy atom. The summed E-state index contributed by atoms with van der Waals surface area (Å²) in [5.74, 6) is 0.128. The molecule has 34 heavy (non-hydrogen) atoms. The van der Waals surface area contributed by atoms with Crippen LogP contribution in [0.25, 0.3) is 10.8 Å². The summed E-state index contributed by atoms with van der Waals surface area (Å²) in [6, 6.07) is 19.1. The van der Waals surface area contributed by atoms with Gasteiger partial charge in [-0.1, -0.05) is 49.2 Å². The predicted octanol–water partition coefficient (Wildman–Crippen LogP) is 5.09. The van der Waals surface area contributed by atoms with E-state index in [1.54, 1.807) is 12.1 Å². The third-order valence-electron chi connectivity index (χ3n) is 7.05. The zero-order valence-electron chi connectivity index (χ0n) is 19.4. The highest BCUT2D eigenvalue weighted by atomic mass is 16.6. The minimum absolute atomic E-state index is 0.128. The number of unbranched alkanes of at least 4 members (excludes halogenated alkanes) is 3. The number of nitrogens with zero attached hydrogens (tertiary/aromatic N) is 4. The molecule has 2 aliphatic heterocycles. The summed E-state index contributed by atoms with van der Waals surface area (Å²) in [5.41, 5.74) is 2.79. The fourth-order valence-electron chi connectivity index (χ4n) is 5.26. The highest BCUT2D eigenvalue weighted by Crippen LogP contribution is 2.37. The van der Waals surface area contributed by atoms with Crippen molar-refractivity contribution in [2.75, 3.05) is 49.1 Å². The molecule has 7 heteroatoms. The molecule has 0 atom stereocenters. The SMILES string of the molecule is O=C1c2cccc3cccc(c23)N1CCCCCCN1CCN(c2ccccc2[N+](=O)[O-])CC1. The highest BCUT2D eigenvalue weighted by Gasteiger charge is 2.29. The van der Waals surface area contributed by atoms with Gasteiger partial charge in [-0.25, -0.2) is 0 Å². The topological polar surface area (TPSA) is 69.9 Å². The van der Waals surface area contributed by atoms with Gasteiger partial charge in [0.15, 0.2) is 0 Å². The van der Waals surface area contributed by atoms with Crippen molar-refractivity contribution in [1.82, 2.24) is 4.90 Å². The molecule has 3 aromatic rings. The summed E-state index contributed by atoms with van der Waals surface area (Å²) in [5, 5.41) is 13.5. The van der Waals surface area contributed by atoms with Gasteiger partial charge in [0, 0.05) is 49.7 Å². The molecular formula is C27H30N4O3. The van der Waals surface area contributed by atoms with Crippen molar-refractivity contribution >= 4 is 33.7 Å². The average Bonchev–Trinajstić information content (AvgIpc) is 3.14. The number of para-hydroxylation sites is 2. The molecule has 0 bridgehead atoms. The number of nitro groups is 1. The molecule has 0 aliphatic carbocycles.